The average molecular weight is 508 g/mol. The molecule has 1 aliphatic heterocycles. The molecule has 0 bridgehead atoms. The van der Waals surface area contributed by atoms with Crippen LogP contribution in [-0.4, -0.2) is 51.9 Å². The lowest BCUT2D eigenvalue weighted by atomic mass is 9.95. The number of aromatic amines is 1. The Morgan fingerprint density at radius 3 is 2.46 bits per heavy atom. The summed E-state index contributed by atoms with van der Waals surface area (Å²) in [5.41, 5.74) is 3.81. The molecule has 0 unspecified atom stereocenters. The van der Waals surface area contributed by atoms with Gasteiger partial charge in [0.15, 0.2) is 0 Å². The lowest BCUT2D eigenvalue weighted by molar-refractivity contribution is -0.137. The number of halogens is 3. The third kappa shape index (κ3) is 5.30. The van der Waals surface area contributed by atoms with Gasteiger partial charge in [-0.1, -0.05) is 55.0 Å². The third-order valence-electron chi connectivity index (χ3n) is 6.96. The molecule has 0 radical (unpaired) electrons. The van der Waals surface area contributed by atoms with E-state index in [2.05, 4.69) is 57.1 Å². The van der Waals surface area contributed by atoms with Crippen LogP contribution in [0.3, 0.4) is 0 Å². The lowest BCUT2D eigenvalue weighted by Crippen LogP contribution is -2.49. The van der Waals surface area contributed by atoms with Gasteiger partial charge in [-0.2, -0.15) is 13.2 Å². The Labute approximate surface area is 213 Å². The van der Waals surface area contributed by atoms with Crippen LogP contribution >= 0.6 is 0 Å². The predicted octanol–water partition coefficient (Wildman–Crippen LogP) is 5.79. The van der Waals surface area contributed by atoms with Crippen molar-refractivity contribution in [3.05, 3.63) is 77.6 Å². The number of aryl methyl sites for hydroxylation is 1. The van der Waals surface area contributed by atoms with E-state index in [1.165, 1.54) is 11.6 Å². The zero-order valence-corrected chi connectivity index (χ0v) is 20.7. The molecule has 3 heterocycles. The van der Waals surface area contributed by atoms with Crippen LogP contribution in [0.25, 0.3) is 22.3 Å². The van der Waals surface area contributed by atoms with E-state index < -0.39 is 11.7 Å². The Morgan fingerprint density at radius 2 is 1.76 bits per heavy atom. The largest absolute Gasteiger partial charge is 0.416 e. The molecule has 1 amide bonds. The number of hydrogen-bond acceptors (Lipinski definition) is 4. The van der Waals surface area contributed by atoms with Crippen molar-refractivity contribution in [2.24, 2.45) is 0 Å². The molecule has 1 atom stereocenters. The topological polar surface area (TPSA) is 65.1 Å². The molecule has 192 valence electrons. The Hall–Kier alpha value is -3.88. The summed E-state index contributed by atoms with van der Waals surface area (Å²) in [5, 5.41) is 0.927. The number of carbonyl (C=O) groups is 1. The second-order valence-electron chi connectivity index (χ2n) is 9.60. The highest BCUT2D eigenvalue weighted by atomic mass is 19.4. The fourth-order valence-electron chi connectivity index (χ4n) is 4.77. The number of nitrogens with zero attached hydrogens (tertiary/aromatic N) is 4. The van der Waals surface area contributed by atoms with Gasteiger partial charge in [0.05, 0.1) is 10.9 Å². The number of nitrogens with one attached hydrogen (secondary N) is 1. The van der Waals surface area contributed by atoms with Crippen LogP contribution in [0.1, 0.15) is 36.0 Å². The van der Waals surface area contributed by atoms with Crippen LogP contribution in [0.4, 0.5) is 19.0 Å². The van der Waals surface area contributed by atoms with E-state index in [0.717, 1.165) is 40.2 Å². The Morgan fingerprint density at radius 1 is 1.03 bits per heavy atom. The van der Waals surface area contributed by atoms with E-state index in [1.54, 1.807) is 24.2 Å². The van der Waals surface area contributed by atoms with Crippen molar-refractivity contribution in [1.29, 1.82) is 0 Å². The standard InChI is InChI=1S/C28H28F3N5O/c1-18-6-8-20(9-7-18)24-16-23-26(34-24)32-17-33-27(23)36-12-10-35(11-13-36)25(37)14-19(2)21-4-3-5-22(15-21)28(29,30)31/h3-9,15-17,19H,10-14H2,1-2H3,(H,32,33,34)/t19-/m1/s1. The number of H-pyrrole nitrogens is 1. The van der Waals surface area contributed by atoms with Crippen LogP contribution in [0.2, 0.25) is 0 Å². The molecule has 2 aromatic carbocycles. The molecule has 1 aliphatic rings. The normalized spacial score (nSPS) is 15.3. The molecule has 5 rings (SSSR count). The minimum absolute atomic E-state index is 0.0549. The second-order valence-corrected chi connectivity index (χ2v) is 9.60. The number of fused-ring (bicyclic) bond motifs is 1. The molecule has 37 heavy (non-hydrogen) atoms. The van der Waals surface area contributed by atoms with Gasteiger partial charge in [-0.15, -0.1) is 0 Å². The first-order chi connectivity index (χ1) is 17.7. The van der Waals surface area contributed by atoms with Crippen molar-refractivity contribution in [2.75, 3.05) is 31.1 Å². The van der Waals surface area contributed by atoms with Gasteiger partial charge in [-0.3, -0.25) is 4.79 Å². The molecule has 4 aromatic rings. The Kier molecular flexibility index (Phi) is 6.62. The van der Waals surface area contributed by atoms with Crippen LogP contribution in [-0.2, 0) is 11.0 Å². The number of amides is 1. The van der Waals surface area contributed by atoms with E-state index in [9.17, 15) is 18.0 Å². The third-order valence-corrected chi connectivity index (χ3v) is 6.96. The summed E-state index contributed by atoms with van der Waals surface area (Å²) >= 11 is 0. The summed E-state index contributed by atoms with van der Waals surface area (Å²) in [6.07, 6.45) is -2.69. The summed E-state index contributed by atoms with van der Waals surface area (Å²) in [6, 6.07) is 15.6. The number of alkyl halides is 3. The maximum Gasteiger partial charge on any atom is 0.416 e. The Bertz CT molecular complexity index is 1410. The van der Waals surface area contributed by atoms with E-state index in [1.807, 2.05) is 0 Å². The number of anilines is 1. The fourth-order valence-corrected chi connectivity index (χ4v) is 4.77. The number of rotatable bonds is 5. The summed E-state index contributed by atoms with van der Waals surface area (Å²) in [7, 11) is 0. The van der Waals surface area contributed by atoms with Crippen LogP contribution in [0.5, 0.6) is 0 Å². The summed E-state index contributed by atoms with van der Waals surface area (Å²) in [6.45, 7) is 6.11. The van der Waals surface area contributed by atoms with Gasteiger partial charge in [0.25, 0.3) is 0 Å². The van der Waals surface area contributed by atoms with Gasteiger partial charge in [0, 0.05) is 38.3 Å². The van der Waals surface area contributed by atoms with Crippen molar-refractivity contribution >= 4 is 22.8 Å². The summed E-state index contributed by atoms with van der Waals surface area (Å²) in [5.74, 6) is 0.458. The van der Waals surface area contributed by atoms with Crippen molar-refractivity contribution in [2.45, 2.75) is 32.4 Å². The first kappa shape index (κ1) is 24.8. The predicted molar refractivity (Wildman–Crippen MR) is 137 cm³/mol. The van der Waals surface area contributed by atoms with Crippen molar-refractivity contribution in [3.8, 4) is 11.3 Å². The quantitative estimate of drug-likeness (QED) is 0.371. The number of aromatic nitrogens is 3. The van der Waals surface area contributed by atoms with Crippen molar-refractivity contribution < 1.29 is 18.0 Å². The maximum atomic E-state index is 13.1. The molecular formula is C28H28F3N5O. The molecule has 0 spiro atoms. The SMILES string of the molecule is Cc1ccc(-c2cc3c(N4CCN(C(=O)C[C@@H](C)c5cccc(C(F)(F)F)c5)CC4)ncnc3[nH]2)cc1. The molecule has 9 heteroatoms. The number of benzene rings is 2. The molecule has 1 N–H and O–H groups in total. The molecule has 1 saturated heterocycles. The Balaban J connectivity index is 1.24. The molecule has 2 aromatic heterocycles. The molecule has 1 fully saturated rings. The first-order valence-corrected chi connectivity index (χ1v) is 12.3. The monoisotopic (exact) mass is 507 g/mol. The van der Waals surface area contributed by atoms with E-state index >= 15 is 0 Å². The smallest absolute Gasteiger partial charge is 0.352 e. The van der Waals surface area contributed by atoms with E-state index in [0.29, 0.717) is 31.7 Å². The van der Waals surface area contributed by atoms with Crippen LogP contribution in [0, 0.1) is 6.92 Å². The minimum atomic E-state index is -4.40. The second kappa shape index (κ2) is 9.88. The van der Waals surface area contributed by atoms with Crippen molar-refractivity contribution in [3.63, 3.8) is 0 Å². The molecule has 0 saturated carbocycles. The first-order valence-electron chi connectivity index (χ1n) is 12.3. The zero-order chi connectivity index (χ0) is 26.2. The minimum Gasteiger partial charge on any atom is -0.352 e. The maximum absolute atomic E-state index is 13.1. The van der Waals surface area contributed by atoms with E-state index in [4.69, 9.17) is 0 Å². The molecule has 6 nitrogen and oxygen atoms in total. The number of hydrogen-bond donors (Lipinski definition) is 1. The molecular weight excluding hydrogens is 479 g/mol. The van der Waals surface area contributed by atoms with Gasteiger partial charge in [0.2, 0.25) is 5.91 Å². The average Bonchev–Trinajstić information content (AvgIpc) is 3.33. The van der Waals surface area contributed by atoms with Crippen LogP contribution < -0.4 is 4.90 Å². The van der Waals surface area contributed by atoms with E-state index in [-0.39, 0.29) is 18.2 Å². The zero-order valence-electron chi connectivity index (χ0n) is 20.7. The van der Waals surface area contributed by atoms with Gasteiger partial charge in [0.1, 0.15) is 17.8 Å². The highest BCUT2D eigenvalue weighted by molar-refractivity contribution is 5.92. The lowest BCUT2D eigenvalue weighted by Gasteiger charge is -2.36. The fraction of sp³-hybridized carbons (Fsp3) is 0.321. The summed E-state index contributed by atoms with van der Waals surface area (Å²) < 4.78 is 39.2. The summed E-state index contributed by atoms with van der Waals surface area (Å²) in [4.78, 5) is 29.2. The highest BCUT2D eigenvalue weighted by Gasteiger charge is 2.31. The van der Waals surface area contributed by atoms with Gasteiger partial charge < -0.3 is 14.8 Å². The van der Waals surface area contributed by atoms with Gasteiger partial charge in [-0.05, 0) is 36.1 Å². The van der Waals surface area contributed by atoms with Gasteiger partial charge >= 0.3 is 6.18 Å². The number of carbonyl (C=O) groups excluding carboxylic acids is 1. The van der Waals surface area contributed by atoms with Crippen LogP contribution in [0.15, 0.2) is 60.9 Å². The molecule has 0 aliphatic carbocycles. The van der Waals surface area contributed by atoms with Gasteiger partial charge in [-0.25, -0.2) is 9.97 Å². The number of piperazine rings is 1. The highest BCUT2D eigenvalue weighted by Crippen LogP contribution is 2.32. The van der Waals surface area contributed by atoms with Crippen molar-refractivity contribution in [1.82, 2.24) is 19.9 Å².